The Morgan fingerprint density at radius 3 is 2.75 bits per heavy atom. The molecule has 1 aliphatic rings. The van der Waals surface area contributed by atoms with Crippen LogP contribution in [0.2, 0.25) is 0 Å². The van der Waals surface area contributed by atoms with Crippen molar-refractivity contribution in [1.29, 1.82) is 0 Å². The summed E-state index contributed by atoms with van der Waals surface area (Å²) in [5, 5.41) is 9.56. The van der Waals surface area contributed by atoms with E-state index in [1.807, 2.05) is 11.0 Å². The van der Waals surface area contributed by atoms with Crippen LogP contribution in [0, 0.1) is 11.6 Å². The molecule has 0 aromatic heterocycles. The van der Waals surface area contributed by atoms with Gasteiger partial charge in [-0.1, -0.05) is 6.07 Å². The first-order valence-corrected chi connectivity index (χ1v) is 6.33. The van der Waals surface area contributed by atoms with Gasteiger partial charge in [-0.3, -0.25) is 0 Å². The molecule has 3 nitrogen and oxygen atoms in total. The molecule has 1 heterocycles. The van der Waals surface area contributed by atoms with Gasteiger partial charge in [-0.05, 0) is 23.8 Å². The minimum atomic E-state index is -0.588. The lowest BCUT2D eigenvalue weighted by molar-refractivity contribution is 0.475. The van der Waals surface area contributed by atoms with Crippen LogP contribution in [0.15, 0.2) is 36.4 Å². The first-order valence-electron chi connectivity index (χ1n) is 6.33. The zero-order valence-corrected chi connectivity index (χ0v) is 10.7. The topological polar surface area (TPSA) is 49.5 Å². The third-order valence-corrected chi connectivity index (χ3v) is 3.61. The highest BCUT2D eigenvalue weighted by atomic mass is 19.1. The van der Waals surface area contributed by atoms with Crippen LogP contribution in [0.25, 0.3) is 0 Å². The molecule has 0 amide bonds. The Morgan fingerprint density at radius 1 is 1.25 bits per heavy atom. The number of hydrogen-bond donors (Lipinski definition) is 2. The number of rotatable bonds is 2. The summed E-state index contributed by atoms with van der Waals surface area (Å²) in [5.41, 5.74) is 7.53. The molecule has 1 unspecified atom stereocenters. The van der Waals surface area contributed by atoms with Crippen LogP contribution in [0.3, 0.4) is 0 Å². The van der Waals surface area contributed by atoms with Gasteiger partial charge in [-0.2, -0.15) is 0 Å². The number of nitrogens with two attached hydrogens (primary N) is 1. The summed E-state index contributed by atoms with van der Waals surface area (Å²) in [4.78, 5) is 1.87. The van der Waals surface area contributed by atoms with Gasteiger partial charge in [-0.25, -0.2) is 8.78 Å². The van der Waals surface area contributed by atoms with Crippen molar-refractivity contribution >= 4 is 5.69 Å². The van der Waals surface area contributed by atoms with Crippen LogP contribution in [-0.4, -0.2) is 11.7 Å². The molecule has 1 atom stereocenters. The summed E-state index contributed by atoms with van der Waals surface area (Å²) >= 11 is 0. The highest BCUT2D eigenvalue weighted by Gasteiger charge is 2.32. The van der Waals surface area contributed by atoms with E-state index in [0.717, 1.165) is 11.8 Å². The fourth-order valence-electron chi connectivity index (χ4n) is 2.78. The highest BCUT2D eigenvalue weighted by molar-refractivity contribution is 5.57. The van der Waals surface area contributed by atoms with Crippen LogP contribution >= 0.6 is 0 Å². The molecule has 0 aliphatic carbocycles. The molecule has 0 radical (unpaired) electrons. The molecule has 5 heteroatoms. The molecular formula is C15H14F2N2O. The van der Waals surface area contributed by atoms with Crippen molar-refractivity contribution in [2.75, 3.05) is 11.4 Å². The van der Waals surface area contributed by atoms with Gasteiger partial charge in [0.05, 0.1) is 6.04 Å². The summed E-state index contributed by atoms with van der Waals surface area (Å²) in [6.07, 6.45) is 0. The summed E-state index contributed by atoms with van der Waals surface area (Å²) in [6.45, 7) is 0.584. The molecule has 0 spiro atoms. The van der Waals surface area contributed by atoms with Gasteiger partial charge in [0.1, 0.15) is 17.4 Å². The lowest BCUT2D eigenvalue weighted by Crippen LogP contribution is -2.28. The minimum Gasteiger partial charge on any atom is -0.508 e. The number of halogens is 2. The van der Waals surface area contributed by atoms with Crippen molar-refractivity contribution in [2.24, 2.45) is 5.73 Å². The molecule has 2 aromatic carbocycles. The number of phenolic OH excluding ortho intramolecular Hbond substituents is 1. The van der Waals surface area contributed by atoms with E-state index in [1.54, 1.807) is 18.2 Å². The molecule has 0 saturated heterocycles. The number of fused-ring (bicyclic) bond motifs is 1. The van der Waals surface area contributed by atoms with Gasteiger partial charge < -0.3 is 15.7 Å². The largest absolute Gasteiger partial charge is 0.508 e. The average Bonchev–Trinajstić information content (AvgIpc) is 2.77. The molecule has 0 fully saturated rings. The molecule has 20 heavy (non-hydrogen) atoms. The Bertz CT molecular complexity index is 660. The number of hydrogen-bond acceptors (Lipinski definition) is 3. The molecule has 0 bridgehead atoms. The SMILES string of the molecule is NCC1c2c(F)cc(F)cc2CN1c1cccc(O)c1. The highest BCUT2D eigenvalue weighted by Crippen LogP contribution is 2.39. The third-order valence-electron chi connectivity index (χ3n) is 3.61. The monoisotopic (exact) mass is 276 g/mol. The quantitative estimate of drug-likeness (QED) is 0.886. The maximum absolute atomic E-state index is 14.0. The van der Waals surface area contributed by atoms with E-state index >= 15 is 0 Å². The standard InChI is InChI=1S/C15H14F2N2O/c16-10-4-9-8-19(11-2-1-3-12(20)6-11)14(7-18)15(9)13(17)5-10/h1-6,14,20H,7-8,18H2. The van der Waals surface area contributed by atoms with E-state index in [0.29, 0.717) is 17.7 Å². The van der Waals surface area contributed by atoms with Crippen LogP contribution in [0.5, 0.6) is 5.75 Å². The molecule has 3 rings (SSSR count). The Kier molecular flexibility index (Phi) is 3.06. The molecule has 3 N–H and O–H groups in total. The second-order valence-electron chi connectivity index (χ2n) is 4.86. The number of aromatic hydroxyl groups is 1. The van der Waals surface area contributed by atoms with E-state index in [1.165, 1.54) is 6.07 Å². The van der Waals surface area contributed by atoms with E-state index in [9.17, 15) is 13.9 Å². The normalized spacial score (nSPS) is 17.4. The molecular weight excluding hydrogens is 262 g/mol. The van der Waals surface area contributed by atoms with Gasteiger partial charge in [-0.15, -0.1) is 0 Å². The first-order chi connectivity index (χ1) is 9.60. The lowest BCUT2D eigenvalue weighted by Gasteiger charge is -2.26. The van der Waals surface area contributed by atoms with Crippen molar-refractivity contribution in [3.8, 4) is 5.75 Å². The summed E-state index contributed by atoms with van der Waals surface area (Å²) in [6, 6.07) is 8.53. The van der Waals surface area contributed by atoms with Gasteiger partial charge in [0.15, 0.2) is 0 Å². The van der Waals surface area contributed by atoms with Crippen LogP contribution < -0.4 is 10.6 Å². The van der Waals surface area contributed by atoms with Crippen molar-refractivity contribution in [1.82, 2.24) is 0 Å². The molecule has 1 aliphatic heterocycles. The fraction of sp³-hybridized carbons (Fsp3) is 0.200. The average molecular weight is 276 g/mol. The van der Waals surface area contributed by atoms with Crippen LogP contribution in [-0.2, 0) is 6.54 Å². The number of anilines is 1. The van der Waals surface area contributed by atoms with Crippen LogP contribution in [0.4, 0.5) is 14.5 Å². The predicted octanol–water partition coefficient (Wildman–Crippen LogP) is 2.69. The second-order valence-corrected chi connectivity index (χ2v) is 4.86. The third kappa shape index (κ3) is 2.00. The Hall–Kier alpha value is -2.14. The fourth-order valence-corrected chi connectivity index (χ4v) is 2.78. The van der Waals surface area contributed by atoms with E-state index in [-0.39, 0.29) is 18.3 Å². The Morgan fingerprint density at radius 2 is 2.05 bits per heavy atom. The van der Waals surface area contributed by atoms with Gasteiger partial charge in [0.2, 0.25) is 0 Å². The summed E-state index contributed by atoms with van der Waals surface area (Å²) in [7, 11) is 0. The maximum atomic E-state index is 14.0. The predicted molar refractivity (Wildman–Crippen MR) is 72.4 cm³/mol. The number of benzene rings is 2. The second kappa shape index (κ2) is 4.76. The van der Waals surface area contributed by atoms with E-state index < -0.39 is 11.6 Å². The van der Waals surface area contributed by atoms with Crippen molar-refractivity contribution in [3.63, 3.8) is 0 Å². The number of phenols is 1. The smallest absolute Gasteiger partial charge is 0.131 e. The van der Waals surface area contributed by atoms with Gasteiger partial charge in [0.25, 0.3) is 0 Å². The van der Waals surface area contributed by atoms with E-state index in [2.05, 4.69) is 0 Å². The summed E-state index contributed by atoms with van der Waals surface area (Å²) in [5.74, 6) is -1.03. The van der Waals surface area contributed by atoms with Crippen molar-refractivity contribution < 1.29 is 13.9 Å². The van der Waals surface area contributed by atoms with Crippen molar-refractivity contribution in [2.45, 2.75) is 12.6 Å². The minimum absolute atomic E-state index is 0.126. The zero-order chi connectivity index (χ0) is 14.3. The van der Waals surface area contributed by atoms with Gasteiger partial charge in [0, 0.05) is 36.5 Å². The Balaban J connectivity index is 2.07. The molecule has 2 aromatic rings. The van der Waals surface area contributed by atoms with E-state index in [4.69, 9.17) is 5.73 Å². The number of nitrogens with zero attached hydrogens (tertiary/aromatic N) is 1. The van der Waals surface area contributed by atoms with Gasteiger partial charge >= 0.3 is 0 Å². The zero-order valence-electron chi connectivity index (χ0n) is 10.7. The molecule has 104 valence electrons. The maximum Gasteiger partial charge on any atom is 0.131 e. The Labute approximate surface area is 115 Å². The summed E-state index contributed by atoms with van der Waals surface area (Å²) < 4.78 is 27.3. The molecule has 0 saturated carbocycles. The van der Waals surface area contributed by atoms with Crippen LogP contribution in [0.1, 0.15) is 17.2 Å². The lowest BCUT2D eigenvalue weighted by atomic mass is 10.0. The first kappa shape index (κ1) is 12.9. The van der Waals surface area contributed by atoms with Crippen molar-refractivity contribution in [3.05, 3.63) is 59.2 Å².